The highest BCUT2D eigenvalue weighted by Gasteiger charge is 2.17. The fourth-order valence-corrected chi connectivity index (χ4v) is 5.35. The molecule has 0 radical (unpaired) electrons. The summed E-state index contributed by atoms with van der Waals surface area (Å²) in [5.74, 6) is 1.15. The fraction of sp³-hybridized carbons (Fsp3) is 0.120. The van der Waals surface area contributed by atoms with Crippen LogP contribution in [0.1, 0.15) is 16.8 Å². The molecule has 6 aromatic rings. The van der Waals surface area contributed by atoms with Gasteiger partial charge in [-0.1, -0.05) is 18.2 Å². The Labute approximate surface area is 202 Å². The molecule has 0 atom stereocenters. The predicted octanol–water partition coefficient (Wildman–Crippen LogP) is 5.66. The van der Waals surface area contributed by atoms with Gasteiger partial charge in [-0.05, 0) is 49.2 Å². The average molecular weight is 483 g/mol. The van der Waals surface area contributed by atoms with Gasteiger partial charge in [-0.25, -0.2) is 19.5 Å². The molecular formula is C25H18N6O3S. The largest absolute Gasteiger partial charge is 0.489 e. The molecule has 35 heavy (non-hydrogen) atoms. The van der Waals surface area contributed by atoms with Gasteiger partial charge in [0.25, 0.3) is 5.69 Å². The smallest absolute Gasteiger partial charge is 0.269 e. The van der Waals surface area contributed by atoms with Crippen molar-refractivity contribution in [1.82, 2.24) is 24.6 Å². The third-order valence-electron chi connectivity index (χ3n) is 5.73. The van der Waals surface area contributed by atoms with Crippen LogP contribution in [0.4, 0.5) is 5.69 Å². The van der Waals surface area contributed by atoms with Crippen molar-refractivity contribution >= 4 is 43.1 Å². The molecule has 10 heteroatoms. The molecule has 0 bridgehead atoms. The van der Waals surface area contributed by atoms with Crippen LogP contribution in [0.2, 0.25) is 0 Å². The minimum absolute atomic E-state index is 0.0283. The van der Waals surface area contributed by atoms with Crippen molar-refractivity contribution in [2.75, 3.05) is 0 Å². The van der Waals surface area contributed by atoms with Gasteiger partial charge < -0.3 is 4.74 Å². The highest BCUT2D eigenvalue weighted by molar-refractivity contribution is 7.26. The number of ether oxygens (including phenoxy) is 1. The molecule has 0 aliphatic carbocycles. The summed E-state index contributed by atoms with van der Waals surface area (Å²) >= 11 is 1.58. The van der Waals surface area contributed by atoms with Crippen molar-refractivity contribution in [3.05, 3.63) is 87.9 Å². The van der Waals surface area contributed by atoms with Crippen LogP contribution in [0.15, 0.2) is 60.9 Å². The number of aromatic nitrogens is 5. The molecule has 0 N–H and O–H groups in total. The molecule has 0 fully saturated rings. The lowest BCUT2D eigenvalue weighted by atomic mass is 10.1. The number of non-ortho nitro benzene ring substituents is 1. The molecule has 0 amide bonds. The van der Waals surface area contributed by atoms with Crippen molar-refractivity contribution in [2.24, 2.45) is 0 Å². The summed E-state index contributed by atoms with van der Waals surface area (Å²) < 4.78 is 8.47. The van der Waals surface area contributed by atoms with Gasteiger partial charge in [0, 0.05) is 28.8 Å². The molecule has 0 aliphatic rings. The number of hydrogen-bond acceptors (Lipinski definition) is 8. The molecule has 4 aromatic heterocycles. The van der Waals surface area contributed by atoms with Crippen LogP contribution in [0, 0.1) is 24.0 Å². The van der Waals surface area contributed by atoms with Gasteiger partial charge in [0.2, 0.25) is 0 Å². The molecule has 0 aliphatic heterocycles. The van der Waals surface area contributed by atoms with Crippen molar-refractivity contribution < 1.29 is 9.66 Å². The lowest BCUT2D eigenvalue weighted by Crippen LogP contribution is -1.96. The monoisotopic (exact) mass is 482 g/mol. The number of nitro benzene ring substituents is 1. The number of aryl methyl sites for hydroxylation is 2. The number of thiophene rings is 1. The molecule has 4 heterocycles. The second-order valence-electron chi connectivity index (χ2n) is 8.23. The topological polar surface area (TPSA) is 108 Å². The summed E-state index contributed by atoms with van der Waals surface area (Å²) in [7, 11) is 0. The minimum atomic E-state index is -0.435. The number of pyridine rings is 1. The molecule has 0 unspecified atom stereocenters. The predicted molar refractivity (Wildman–Crippen MR) is 134 cm³/mol. The van der Waals surface area contributed by atoms with Crippen LogP contribution in [0.25, 0.3) is 37.5 Å². The lowest BCUT2D eigenvalue weighted by Gasteiger charge is -2.07. The Morgan fingerprint density at radius 3 is 2.71 bits per heavy atom. The number of fused-ring (bicyclic) bond motifs is 5. The number of nitrogens with zero attached hydrogens (tertiary/aromatic N) is 6. The highest BCUT2D eigenvalue weighted by atomic mass is 32.1. The van der Waals surface area contributed by atoms with Crippen LogP contribution in [-0.2, 0) is 6.61 Å². The van der Waals surface area contributed by atoms with Crippen LogP contribution < -0.4 is 4.74 Å². The number of rotatable bonds is 5. The van der Waals surface area contributed by atoms with Crippen LogP contribution in [-0.4, -0.2) is 29.5 Å². The van der Waals surface area contributed by atoms with E-state index in [9.17, 15) is 10.1 Å². The van der Waals surface area contributed by atoms with Crippen LogP contribution >= 0.6 is 11.3 Å². The normalized spacial score (nSPS) is 11.5. The summed E-state index contributed by atoms with van der Waals surface area (Å²) in [6.45, 7) is 4.38. The van der Waals surface area contributed by atoms with E-state index in [0.717, 1.165) is 48.5 Å². The zero-order valence-electron chi connectivity index (χ0n) is 18.8. The van der Waals surface area contributed by atoms with Gasteiger partial charge >= 0.3 is 0 Å². The lowest BCUT2D eigenvalue weighted by molar-refractivity contribution is -0.384. The van der Waals surface area contributed by atoms with Crippen molar-refractivity contribution in [3.63, 3.8) is 0 Å². The summed E-state index contributed by atoms with van der Waals surface area (Å²) in [6.07, 6.45) is 1.70. The van der Waals surface area contributed by atoms with Gasteiger partial charge in [0.1, 0.15) is 28.2 Å². The first-order valence-corrected chi connectivity index (χ1v) is 11.7. The first-order chi connectivity index (χ1) is 17.0. The molecule has 0 saturated heterocycles. The minimum Gasteiger partial charge on any atom is -0.489 e. The second kappa shape index (κ2) is 8.10. The third kappa shape index (κ3) is 3.73. The van der Waals surface area contributed by atoms with Crippen LogP contribution in [0.5, 0.6) is 5.75 Å². The van der Waals surface area contributed by atoms with Crippen molar-refractivity contribution in [1.29, 1.82) is 0 Å². The number of benzene rings is 2. The molecule has 9 nitrogen and oxygen atoms in total. The summed E-state index contributed by atoms with van der Waals surface area (Å²) in [6, 6.07) is 15.9. The van der Waals surface area contributed by atoms with E-state index < -0.39 is 4.92 Å². The van der Waals surface area contributed by atoms with Crippen molar-refractivity contribution in [2.45, 2.75) is 20.5 Å². The SMILES string of the molecule is Cc1cc(C)c2c(n1)sc1c2ncn2nc(-c3cccc(COc4ccc([N+](=O)[O-])cc4)c3)nc12. The number of hydrogen-bond donors (Lipinski definition) is 0. The van der Waals surface area contributed by atoms with E-state index >= 15 is 0 Å². The second-order valence-corrected chi connectivity index (χ2v) is 9.23. The Balaban J connectivity index is 1.33. The Morgan fingerprint density at radius 2 is 1.91 bits per heavy atom. The Morgan fingerprint density at radius 1 is 1.09 bits per heavy atom. The molecule has 172 valence electrons. The maximum Gasteiger partial charge on any atom is 0.269 e. The first-order valence-electron chi connectivity index (χ1n) is 10.8. The van der Waals surface area contributed by atoms with E-state index in [1.54, 1.807) is 34.3 Å². The maximum absolute atomic E-state index is 10.8. The fourth-order valence-electron chi connectivity index (χ4n) is 4.12. The van der Waals surface area contributed by atoms with Gasteiger partial charge in [-0.15, -0.1) is 16.4 Å². The molecule has 6 rings (SSSR count). The van der Waals surface area contributed by atoms with E-state index in [1.807, 2.05) is 31.2 Å². The maximum atomic E-state index is 10.8. The molecule has 0 spiro atoms. The van der Waals surface area contributed by atoms with E-state index in [0.29, 0.717) is 18.2 Å². The standard InChI is InChI=1S/C25H18N6O3S/c1-14-10-15(2)27-25-20(14)21-22(35-25)24-28-23(29-30(24)13-26-21)17-5-3-4-16(11-17)12-34-19-8-6-18(7-9-19)31(32)33/h3-11,13H,12H2,1-2H3. The quantitative estimate of drug-likeness (QED) is 0.230. The van der Waals surface area contributed by atoms with Gasteiger partial charge in [0.05, 0.1) is 10.4 Å². The summed E-state index contributed by atoms with van der Waals surface area (Å²) in [5.41, 5.74) is 5.59. The molecule has 2 aromatic carbocycles. The van der Waals surface area contributed by atoms with Gasteiger partial charge in [-0.2, -0.15) is 0 Å². The summed E-state index contributed by atoms with van der Waals surface area (Å²) in [5, 5.41) is 16.5. The molecular weight excluding hydrogens is 464 g/mol. The highest BCUT2D eigenvalue weighted by Crippen LogP contribution is 2.36. The van der Waals surface area contributed by atoms with E-state index in [1.165, 1.54) is 12.1 Å². The zero-order valence-corrected chi connectivity index (χ0v) is 19.6. The van der Waals surface area contributed by atoms with Gasteiger partial charge in [-0.3, -0.25) is 10.1 Å². The van der Waals surface area contributed by atoms with Gasteiger partial charge in [0.15, 0.2) is 11.5 Å². The Kier molecular flexibility index (Phi) is 4.89. The zero-order chi connectivity index (χ0) is 24.1. The van der Waals surface area contributed by atoms with E-state index in [-0.39, 0.29) is 5.69 Å². The Bertz CT molecular complexity index is 1760. The first kappa shape index (κ1) is 21.1. The molecule has 0 saturated carbocycles. The third-order valence-corrected chi connectivity index (χ3v) is 6.80. The number of nitro groups is 1. The Hall–Kier alpha value is -4.44. The average Bonchev–Trinajstić information content (AvgIpc) is 3.44. The van der Waals surface area contributed by atoms with Crippen LogP contribution in [0.3, 0.4) is 0 Å². The van der Waals surface area contributed by atoms with E-state index in [4.69, 9.17) is 9.72 Å². The van der Waals surface area contributed by atoms with E-state index in [2.05, 4.69) is 28.1 Å². The van der Waals surface area contributed by atoms with Crippen molar-refractivity contribution in [3.8, 4) is 17.1 Å². The summed E-state index contributed by atoms with van der Waals surface area (Å²) in [4.78, 5) is 25.5.